The van der Waals surface area contributed by atoms with Gasteiger partial charge in [0.15, 0.2) is 0 Å². The van der Waals surface area contributed by atoms with Gasteiger partial charge in [0.05, 0.1) is 0 Å². The van der Waals surface area contributed by atoms with E-state index in [0.717, 1.165) is 6.04 Å². The minimum absolute atomic E-state index is 0. The average molecular weight is 210 g/mol. The molecule has 2 aliphatic rings. The van der Waals surface area contributed by atoms with E-state index in [2.05, 4.69) is 25.2 Å². The zero-order valence-corrected chi connectivity index (χ0v) is 10.6. The summed E-state index contributed by atoms with van der Waals surface area (Å²) in [5.74, 6) is 0. The van der Waals surface area contributed by atoms with Gasteiger partial charge in [-0.3, -0.25) is 0 Å². The van der Waals surface area contributed by atoms with E-state index in [9.17, 15) is 0 Å². The van der Waals surface area contributed by atoms with E-state index in [1.54, 1.807) is 0 Å². The molecule has 0 aromatic heterocycles. The smallest absolute Gasteiger partial charge is 0.325 e. The van der Waals surface area contributed by atoms with E-state index in [-0.39, 0.29) is 31.3 Å². The number of hydrogen-bond acceptors (Lipinski definition) is 1. The minimum atomic E-state index is 0. The molecule has 78 valence electrons. The summed E-state index contributed by atoms with van der Waals surface area (Å²) in [5.41, 5.74) is 0.472. The molecule has 0 saturated carbocycles. The summed E-state index contributed by atoms with van der Waals surface area (Å²) in [6.45, 7) is 6.13. The largest absolute Gasteiger partial charge is 1.00 e. The van der Waals surface area contributed by atoms with Gasteiger partial charge in [0, 0.05) is 5.54 Å². The Kier molecular flexibility index (Phi) is 6.15. The fourth-order valence-electron chi connectivity index (χ4n) is 2.73. The zero-order chi connectivity index (χ0) is 8.60. The molecular formula is C11H21ClLiN. The van der Waals surface area contributed by atoms with Crippen molar-refractivity contribution in [3.8, 4) is 0 Å². The van der Waals surface area contributed by atoms with Crippen molar-refractivity contribution >= 4 is 12.4 Å². The van der Waals surface area contributed by atoms with Gasteiger partial charge >= 0.3 is 18.9 Å². The summed E-state index contributed by atoms with van der Waals surface area (Å²) in [5, 5.41) is 0. The van der Waals surface area contributed by atoms with Crippen LogP contribution in [0.25, 0.3) is 0 Å². The van der Waals surface area contributed by atoms with Crippen LogP contribution in [-0.2, 0) is 0 Å². The first-order valence-corrected chi connectivity index (χ1v) is 5.30. The molecule has 2 saturated heterocycles. The van der Waals surface area contributed by atoms with Crippen molar-refractivity contribution in [3.05, 3.63) is 6.42 Å². The molecule has 1 nitrogen and oxygen atoms in total. The van der Waals surface area contributed by atoms with Crippen LogP contribution >= 0.6 is 12.4 Å². The van der Waals surface area contributed by atoms with Crippen LogP contribution in [0.2, 0.25) is 0 Å². The Labute approximate surface area is 107 Å². The maximum absolute atomic E-state index is 2.71. The molecule has 14 heavy (non-hydrogen) atoms. The molecule has 2 fully saturated rings. The molecule has 0 spiro atoms. The molecule has 0 aliphatic carbocycles. The molecule has 1 atom stereocenters. The van der Waals surface area contributed by atoms with Crippen molar-refractivity contribution < 1.29 is 18.9 Å². The van der Waals surface area contributed by atoms with Crippen molar-refractivity contribution in [1.29, 1.82) is 0 Å². The maximum Gasteiger partial charge on any atom is 1.00 e. The van der Waals surface area contributed by atoms with Crippen LogP contribution in [0.5, 0.6) is 0 Å². The van der Waals surface area contributed by atoms with Crippen molar-refractivity contribution in [2.24, 2.45) is 0 Å². The molecule has 0 amide bonds. The molecule has 2 heterocycles. The van der Waals surface area contributed by atoms with E-state index in [0.29, 0.717) is 5.54 Å². The molecule has 0 aromatic rings. The fraction of sp³-hybridized carbons (Fsp3) is 0.909. The first-order valence-electron chi connectivity index (χ1n) is 5.30. The van der Waals surface area contributed by atoms with E-state index in [1.165, 1.54) is 38.6 Å². The van der Waals surface area contributed by atoms with Gasteiger partial charge in [-0.15, -0.1) is 18.4 Å². The second-order valence-electron chi connectivity index (χ2n) is 4.84. The van der Waals surface area contributed by atoms with E-state index >= 15 is 0 Å². The summed E-state index contributed by atoms with van der Waals surface area (Å²) < 4.78 is 0. The van der Waals surface area contributed by atoms with E-state index in [1.807, 2.05) is 0 Å². The summed E-state index contributed by atoms with van der Waals surface area (Å²) in [6, 6.07) is 0.808. The second-order valence-corrected chi connectivity index (χ2v) is 4.84. The van der Waals surface area contributed by atoms with Gasteiger partial charge in [0.25, 0.3) is 0 Å². The van der Waals surface area contributed by atoms with Gasteiger partial charge in [0.2, 0.25) is 0 Å². The Morgan fingerprint density at radius 1 is 1.29 bits per heavy atom. The van der Waals surface area contributed by atoms with Crippen LogP contribution in [0.15, 0.2) is 0 Å². The predicted molar refractivity (Wildman–Crippen MR) is 59.2 cm³/mol. The van der Waals surface area contributed by atoms with Crippen LogP contribution in [-0.4, -0.2) is 23.0 Å². The first kappa shape index (κ1) is 14.8. The standard InChI is InChI=1S/C11H20N.ClH.Li/c1-11(2)8-5-7-10-6-3-4-9-12(10)11;;/h7,10H,3-6,8-9H2,1-2H3;1H;/q-1;;+1. The fourth-order valence-corrected chi connectivity index (χ4v) is 2.73. The first-order chi connectivity index (χ1) is 5.70. The predicted octanol–water partition coefficient (Wildman–Crippen LogP) is 0.0434. The SMILES string of the molecule is CC1(C)CC[CH-]C2CCCCN21.Cl.[Li+]. The summed E-state index contributed by atoms with van der Waals surface area (Å²) >= 11 is 0. The summed E-state index contributed by atoms with van der Waals surface area (Å²) in [4.78, 5) is 2.71. The molecule has 1 unspecified atom stereocenters. The molecule has 0 bridgehead atoms. The Hall–Kier alpha value is 0.847. The number of hydrogen-bond donors (Lipinski definition) is 0. The van der Waals surface area contributed by atoms with Crippen molar-refractivity contribution in [2.75, 3.05) is 6.54 Å². The topological polar surface area (TPSA) is 3.24 Å². The van der Waals surface area contributed by atoms with E-state index < -0.39 is 0 Å². The number of nitrogens with zero attached hydrogens (tertiary/aromatic N) is 1. The second kappa shape index (κ2) is 5.80. The molecule has 0 radical (unpaired) electrons. The number of piperidine rings is 2. The third-order valence-corrected chi connectivity index (χ3v) is 3.52. The normalized spacial score (nSPS) is 30.9. The molecule has 2 rings (SSSR count). The van der Waals surface area contributed by atoms with Gasteiger partial charge in [0.1, 0.15) is 0 Å². The number of rotatable bonds is 0. The third-order valence-electron chi connectivity index (χ3n) is 3.52. The molecule has 0 N–H and O–H groups in total. The van der Waals surface area contributed by atoms with Crippen LogP contribution < -0.4 is 18.9 Å². The summed E-state index contributed by atoms with van der Waals surface area (Å²) in [7, 11) is 0. The Morgan fingerprint density at radius 2 is 2.00 bits per heavy atom. The Balaban J connectivity index is 0.000000845. The molecule has 3 heteroatoms. The van der Waals surface area contributed by atoms with Gasteiger partial charge < -0.3 is 11.3 Å². The number of halogens is 1. The van der Waals surface area contributed by atoms with Gasteiger partial charge in [-0.1, -0.05) is 19.3 Å². The summed E-state index contributed by atoms with van der Waals surface area (Å²) in [6.07, 6.45) is 9.47. The quantitative estimate of drug-likeness (QED) is 0.403. The van der Waals surface area contributed by atoms with Gasteiger partial charge in [-0.05, 0) is 26.8 Å². The maximum atomic E-state index is 2.71. The van der Waals surface area contributed by atoms with Crippen molar-refractivity contribution in [1.82, 2.24) is 4.90 Å². The van der Waals surface area contributed by atoms with Crippen LogP contribution in [0.4, 0.5) is 0 Å². The molecular weight excluding hydrogens is 189 g/mol. The Bertz CT molecular complexity index is 171. The number of fused-ring (bicyclic) bond motifs is 1. The molecule has 2 aliphatic heterocycles. The minimum Gasteiger partial charge on any atom is -0.325 e. The van der Waals surface area contributed by atoms with Crippen LogP contribution in [0.1, 0.15) is 46.0 Å². The van der Waals surface area contributed by atoms with Crippen LogP contribution in [0.3, 0.4) is 0 Å². The average Bonchev–Trinajstić information content (AvgIpc) is 2.04. The van der Waals surface area contributed by atoms with Gasteiger partial charge in [-0.25, -0.2) is 0 Å². The molecule has 0 aromatic carbocycles. The monoisotopic (exact) mass is 209 g/mol. The zero-order valence-electron chi connectivity index (χ0n) is 9.75. The van der Waals surface area contributed by atoms with Crippen LogP contribution in [0, 0.1) is 6.42 Å². The van der Waals surface area contributed by atoms with Gasteiger partial charge in [-0.2, -0.15) is 6.42 Å². The van der Waals surface area contributed by atoms with Crippen molar-refractivity contribution in [2.45, 2.75) is 57.5 Å². The third kappa shape index (κ3) is 2.92. The van der Waals surface area contributed by atoms with E-state index in [4.69, 9.17) is 0 Å². The Morgan fingerprint density at radius 3 is 2.64 bits per heavy atom. The van der Waals surface area contributed by atoms with Crippen molar-refractivity contribution in [3.63, 3.8) is 0 Å².